The fourth-order valence-corrected chi connectivity index (χ4v) is 3.66. The second-order valence-electron chi connectivity index (χ2n) is 4.73. The van der Waals surface area contributed by atoms with Gasteiger partial charge in [0.15, 0.2) is 0 Å². The summed E-state index contributed by atoms with van der Waals surface area (Å²) in [6, 6.07) is 2.70. The normalized spacial score (nSPS) is 22.8. The van der Waals surface area contributed by atoms with Crippen LogP contribution in [0.2, 0.25) is 0 Å². The molecule has 3 N–H and O–H groups in total. The van der Waals surface area contributed by atoms with Gasteiger partial charge in [-0.25, -0.2) is 0 Å². The highest BCUT2D eigenvalue weighted by Gasteiger charge is 2.29. The van der Waals surface area contributed by atoms with Crippen molar-refractivity contribution in [2.24, 2.45) is 11.8 Å². The van der Waals surface area contributed by atoms with Crippen LogP contribution in [0.3, 0.4) is 0 Å². The van der Waals surface area contributed by atoms with Crippen molar-refractivity contribution in [2.75, 3.05) is 0 Å². The molecule has 0 spiro atoms. The summed E-state index contributed by atoms with van der Waals surface area (Å²) in [5.74, 6) is 6.89. The zero-order chi connectivity index (χ0) is 10.8. The van der Waals surface area contributed by atoms with Gasteiger partial charge < -0.3 is 0 Å². The van der Waals surface area contributed by atoms with Crippen LogP contribution in [0.5, 0.6) is 0 Å². The number of nitrogens with one attached hydrogen (secondary N) is 1. The van der Waals surface area contributed by atoms with E-state index in [9.17, 15) is 0 Å². The maximum absolute atomic E-state index is 5.68. The lowest BCUT2D eigenvalue weighted by atomic mass is 9.79. The van der Waals surface area contributed by atoms with Gasteiger partial charge in [0, 0.05) is 16.8 Å². The molecule has 0 radical (unpaired) electrons. The molecular formula is C12H20N2S. The Kier molecular flexibility index (Phi) is 3.44. The molecule has 2 rings (SSSR count). The van der Waals surface area contributed by atoms with Gasteiger partial charge in [-0.3, -0.25) is 11.3 Å². The van der Waals surface area contributed by atoms with E-state index in [-0.39, 0.29) is 0 Å². The predicted molar refractivity (Wildman–Crippen MR) is 65.9 cm³/mol. The Balaban J connectivity index is 2.24. The molecule has 0 bridgehead atoms. The quantitative estimate of drug-likeness (QED) is 0.612. The number of hydrogen-bond acceptors (Lipinski definition) is 3. The molecule has 2 unspecified atom stereocenters. The molecule has 2 atom stereocenters. The molecule has 0 saturated heterocycles. The first kappa shape index (κ1) is 11.1. The van der Waals surface area contributed by atoms with Crippen LogP contribution in [0, 0.1) is 5.92 Å². The fraction of sp³-hybridized carbons (Fsp3) is 0.667. The van der Waals surface area contributed by atoms with Crippen LogP contribution in [-0.4, -0.2) is 6.04 Å². The minimum Gasteiger partial charge on any atom is -0.271 e. The van der Waals surface area contributed by atoms with E-state index in [4.69, 9.17) is 5.84 Å². The molecule has 84 valence electrons. The molecule has 0 aromatic carbocycles. The van der Waals surface area contributed by atoms with E-state index in [0.717, 1.165) is 0 Å². The molecule has 2 nitrogen and oxygen atoms in total. The number of fused-ring (bicyclic) bond motifs is 1. The summed E-state index contributed by atoms with van der Waals surface area (Å²) in [5, 5.41) is 2.22. The summed E-state index contributed by atoms with van der Waals surface area (Å²) < 4.78 is 0. The van der Waals surface area contributed by atoms with Crippen LogP contribution in [0.1, 0.15) is 43.0 Å². The predicted octanol–water partition coefficient (Wildman–Crippen LogP) is 2.66. The van der Waals surface area contributed by atoms with Crippen molar-refractivity contribution in [3.63, 3.8) is 0 Å². The van der Waals surface area contributed by atoms with Gasteiger partial charge in [-0.05, 0) is 42.2 Å². The third-order valence-electron chi connectivity index (χ3n) is 3.44. The Morgan fingerprint density at radius 3 is 3.00 bits per heavy atom. The summed E-state index contributed by atoms with van der Waals surface area (Å²) in [6.45, 7) is 4.48. The minimum absolute atomic E-state index is 0.415. The molecular weight excluding hydrogens is 204 g/mol. The molecule has 0 amide bonds. The average Bonchev–Trinajstić information content (AvgIpc) is 2.66. The summed E-state index contributed by atoms with van der Waals surface area (Å²) in [6.07, 6.45) is 3.85. The second kappa shape index (κ2) is 4.64. The molecule has 0 saturated carbocycles. The van der Waals surface area contributed by atoms with Crippen LogP contribution in [0.15, 0.2) is 11.4 Å². The number of thiophene rings is 1. The zero-order valence-corrected chi connectivity index (χ0v) is 10.3. The highest BCUT2D eigenvalue weighted by Crippen LogP contribution is 2.38. The smallest absolute Gasteiger partial charge is 0.0302 e. The molecule has 1 aromatic heterocycles. The first-order chi connectivity index (χ1) is 7.24. The van der Waals surface area contributed by atoms with Crippen molar-refractivity contribution in [1.82, 2.24) is 5.43 Å². The number of aryl methyl sites for hydroxylation is 1. The molecule has 1 aliphatic carbocycles. The van der Waals surface area contributed by atoms with Gasteiger partial charge in [0.05, 0.1) is 0 Å². The maximum Gasteiger partial charge on any atom is 0.0302 e. The molecule has 0 aliphatic heterocycles. The standard InChI is InChI=1S/C12H20N2S/c1-8(2)12(14-13)10-4-3-5-11-9(10)6-7-15-11/h6-8,10,12,14H,3-5,13H2,1-2H3. The van der Waals surface area contributed by atoms with E-state index in [0.29, 0.717) is 17.9 Å². The van der Waals surface area contributed by atoms with E-state index in [1.165, 1.54) is 19.3 Å². The van der Waals surface area contributed by atoms with Gasteiger partial charge in [-0.15, -0.1) is 11.3 Å². The molecule has 1 aliphatic rings. The third kappa shape index (κ3) is 2.10. The lowest BCUT2D eigenvalue weighted by Crippen LogP contribution is -2.44. The first-order valence-corrected chi connectivity index (χ1v) is 6.64. The van der Waals surface area contributed by atoms with E-state index in [1.807, 2.05) is 11.3 Å². The lowest BCUT2D eigenvalue weighted by Gasteiger charge is -2.32. The van der Waals surface area contributed by atoms with Gasteiger partial charge in [-0.1, -0.05) is 13.8 Å². The number of nitrogens with two attached hydrogens (primary N) is 1. The van der Waals surface area contributed by atoms with Gasteiger partial charge in [0.25, 0.3) is 0 Å². The maximum atomic E-state index is 5.68. The zero-order valence-electron chi connectivity index (χ0n) is 9.49. The highest BCUT2D eigenvalue weighted by atomic mass is 32.1. The van der Waals surface area contributed by atoms with Crippen LogP contribution < -0.4 is 11.3 Å². The Hall–Kier alpha value is -0.380. The lowest BCUT2D eigenvalue weighted by molar-refractivity contribution is 0.322. The van der Waals surface area contributed by atoms with Crippen molar-refractivity contribution in [1.29, 1.82) is 0 Å². The van der Waals surface area contributed by atoms with Gasteiger partial charge in [-0.2, -0.15) is 0 Å². The number of hydrogen-bond donors (Lipinski definition) is 2. The first-order valence-electron chi connectivity index (χ1n) is 5.76. The van der Waals surface area contributed by atoms with Crippen LogP contribution in [0.4, 0.5) is 0 Å². The summed E-state index contributed by atoms with van der Waals surface area (Å²) in [4.78, 5) is 1.58. The highest BCUT2D eigenvalue weighted by molar-refractivity contribution is 7.10. The van der Waals surface area contributed by atoms with Crippen molar-refractivity contribution in [3.8, 4) is 0 Å². The van der Waals surface area contributed by atoms with E-state index >= 15 is 0 Å². The average molecular weight is 224 g/mol. The SMILES string of the molecule is CC(C)C(NN)C1CCCc2sccc21. The molecule has 1 aromatic rings. The molecule has 1 heterocycles. The monoisotopic (exact) mass is 224 g/mol. The van der Waals surface area contributed by atoms with Crippen LogP contribution in [0.25, 0.3) is 0 Å². The van der Waals surface area contributed by atoms with E-state index in [1.54, 1.807) is 10.4 Å². The van der Waals surface area contributed by atoms with Crippen LogP contribution >= 0.6 is 11.3 Å². The number of hydrazine groups is 1. The largest absolute Gasteiger partial charge is 0.271 e. The Labute approximate surface area is 95.8 Å². The van der Waals surface area contributed by atoms with Gasteiger partial charge >= 0.3 is 0 Å². The van der Waals surface area contributed by atoms with Gasteiger partial charge in [0.1, 0.15) is 0 Å². The van der Waals surface area contributed by atoms with Crippen molar-refractivity contribution in [2.45, 2.75) is 45.1 Å². The van der Waals surface area contributed by atoms with E-state index in [2.05, 4.69) is 30.7 Å². The summed E-state index contributed by atoms with van der Waals surface area (Å²) in [5.41, 5.74) is 4.55. The summed E-state index contributed by atoms with van der Waals surface area (Å²) in [7, 11) is 0. The van der Waals surface area contributed by atoms with E-state index < -0.39 is 0 Å². The Morgan fingerprint density at radius 1 is 1.53 bits per heavy atom. The molecule has 15 heavy (non-hydrogen) atoms. The van der Waals surface area contributed by atoms with Crippen molar-refractivity contribution in [3.05, 3.63) is 21.9 Å². The van der Waals surface area contributed by atoms with Crippen molar-refractivity contribution < 1.29 is 0 Å². The molecule has 0 fully saturated rings. The minimum atomic E-state index is 0.415. The second-order valence-corrected chi connectivity index (χ2v) is 5.73. The number of rotatable bonds is 3. The fourth-order valence-electron chi connectivity index (χ4n) is 2.67. The Bertz CT molecular complexity index is 319. The molecule has 3 heteroatoms. The third-order valence-corrected chi connectivity index (χ3v) is 4.44. The topological polar surface area (TPSA) is 38.0 Å². The van der Waals surface area contributed by atoms with Gasteiger partial charge in [0.2, 0.25) is 0 Å². The summed E-state index contributed by atoms with van der Waals surface area (Å²) >= 11 is 1.90. The Morgan fingerprint density at radius 2 is 2.33 bits per heavy atom. The van der Waals surface area contributed by atoms with Crippen molar-refractivity contribution >= 4 is 11.3 Å². The van der Waals surface area contributed by atoms with Crippen LogP contribution in [-0.2, 0) is 6.42 Å².